The molecule has 1 N–H and O–H groups in total. The lowest BCUT2D eigenvalue weighted by Crippen LogP contribution is -2.43. The second-order valence-corrected chi connectivity index (χ2v) is 8.60. The second-order valence-electron chi connectivity index (χ2n) is 8.60. The first-order chi connectivity index (χ1) is 14.8. The van der Waals surface area contributed by atoms with E-state index >= 15 is 0 Å². The smallest absolute Gasteiger partial charge is 0.333 e. The molecular weight excluding hydrogens is 404 g/mol. The average molecular weight is 443 g/mol. The molecule has 0 spiro atoms. The molecule has 0 amide bonds. The highest BCUT2D eigenvalue weighted by atomic mass is 16.5. The van der Waals surface area contributed by atoms with Gasteiger partial charge in [0.05, 0.1) is 52.3 Å². The zero-order valence-electron chi connectivity index (χ0n) is 19.4. The lowest BCUT2D eigenvalue weighted by Gasteiger charge is -2.30. The van der Waals surface area contributed by atoms with Crippen molar-refractivity contribution in [3.63, 3.8) is 0 Å². The quantitative estimate of drug-likeness (QED) is 0.457. The lowest BCUT2D eigenvalue weighted by atomic mass is 9.75. The molecule has 9 heteroatoms. The molecular formula is C22H38N2O7. The standard InChI is InChI=1S/C22H38N2O7/c1-15(2)19-17(14-25)31-21(20(19)16(3)4)24-7-6-18(26)23(22(24)27)8-9-29-12-13-30-11-10-28-5/h6-7,15-17,19-21,25H,8-14H2,1-5H3/t17-,19?,20?,21-/m1/s1. The summed E-state index contributed by atoms with van der Waals surface area (Å²) in [5, 5.41) is 9.85. The molecule has 0 radical (unpaired) electrons. The van der Waals surface area contributed by atoms with Crippen LogP contribution in [0.15, 0.2) is 21.9 Å². The number of hydrogen-bond acceptors (Lipinski definition) is 7. The Morgan fingerprint density at radius 1 is 1.00 bits per heavy atom. The molecule has 0 aliphatic carbocycles. The Morgan fingerprint density at radius 3 is 2.19 bits per heavy atom. The first-order valence-electron chi connectivity index (χ1n) is 11.1. The molecule has 2 rings (SSSR count). The van der Waals surface area contributed by atoms with E-state index < -0.39 is 11.9 Å². The Labute approximate surface area is 183 Å². The highest BCUT2D eigenvalue weighted by Gasteiger charge is 2.47. The Morgan fingerprint density at radius 2 is 1.61 bits per heavy atom. The molecule has 1 aliphatic heterocycles. The molecule has 0 aromatic carbocycles. The predicted molar refractivity (Wildman–Crippen MR) is 116 cm³/mol. The number of aromatic nitrogens is 2. The van der Waals surface area contributed by atoms with Crippen LogP contribution in [0.1, 0.15) is 33.9 Å². The van der Waals surface area contributed by atoms with E-state index in [2.05, 4.69) is 27.7 Å². The maximum atomic E-state index is 13.1. The summed E-state index contributed by atoms with van der Waals surface area (Å²) in [6.07, 6.45) is 0.633. The van der Waals surface area contributed by atoms with Gasteiger partial charge < -0.3 is 24.1 Å². The van der Waals surface area contributed by atoms with Gasteiger partial charge in [-0.2, -0.15) is 0 Å². The Hall–Kier alpha value is -1.52. The summed E-state index contributed by atoms with van der Waals surface area (Å²) in [4.78, 5) is 25.5. The molecule has 1 aromatic rings. The summed E-state index contributed by atoms with van der Waals surface area (Å²) < 4.78 is 24.5. The van der Waals surface area contributed by atoms with Crippen LogP contribution < -0.4 is 11.2 Å². The fraction of sp³-hybridized carbons (Fsp3) is 0.818. The maximum Gasteiger partial charge on any atom is 0.333 e. The minimum atomic E-state index is -0.529. The number of nitrogens with zero attached hydrogens (tertiary/aromatic N) is 2. The van der Waals surface area contributed by atoms with Crippen molar-refractivity contribution < 1.29 is 24.1 Å². The lowest BCUT2D eigenvalue weighted by molar-refractivity contribution is -0.0451. The summed E-state index contributed by atoms with van der Waals surface area (Å²) in [6.45, 7) is 10.5. The first-order valence-corrected chi connectivity index (χ1v) is 11.1. The number of rotatable bonds is 13. The number of aliphatic hydroxyl groups excluding tert-OH is 1. The first kappa shape index (κ1) is 25.7. The summed E-state index contributed by atoms with van der Waals surface area (Å²) >= 11 is 0. The van der Waals surface area contributed by atoms with Crippen molar-refractivity contribution in [2.75, 3.05) is 46.8 Å². The van der Waals surface area contributed by atoms with Gasteiger partial charge >= 0.3 is 5.69 Å². The fourth-order valence-corrected chi connectivity index (χ4v) is 4.41. The molecule has 2 unspecified atom stereocenters. The van der Waals surface area contributed by atoms with Crippen molar-refractivity contribution in [2.24, 2.45) is 23.7 Å². The van der Waals surface area contributed by atoms with Gasteiger partial charge in [0.15, 0.2) is 0 Å². The minimum Gasteiger partial charge on any atom is -0.394 e. The summed E-state index contributed by atoms with van der Waals surface area (Å²) in [5.74, 6) is 0.684. The highest BCUT2D eigenvalue weighted by molar-refractivity contribution is 4.96. The van der Waals surface area contributed by atoms with E-state index in [1.165, 1.54) is 21.4 Å². The van der Waals surface area contributed by atoms with E-state index in [0.717, 1.165) is 0 Å². The maximum absolute atomic E-state index is 13.1. The molecule has 1 fully saturated rings. The van der Waals surface area contributed by atoms with Gasteiger partial charge in [0, 0.05) is 25.3 Å². The zero-order chi connectivity index (χ0) is 23.0. The third-order valence-corrected chi connectivity index (χ3v) is 5.87. The second kappa shape index (κ2) is 12.5. The highest BCUT2D eigenvalue weighted by Crippen LogP contribution is 2.46. The Balaban J connectivity index is 2.12. The largest absolute Gasteiger partial charge is 0.394 e. The van der Waals surface area contributed by atoms with Crippen LogP contribution in [-0.2, 0) is 25.5 Å². The third kappa shape index (κ3) is 6.49. The van der Waals surface area contributed by atoms with Crippen LogP contribution in [0.2, 0.25) is 0 Å². The normalized spacial score (nSPS) is 23.9. The van der Waals surface area contributed by atoms with Gasteiger partial charge in [-0.3, -0.25) is 13.9 Å². The predicted octanol–water partition coefficient (Wildman–Crippen LogP) is 1.12. The molecule has 31 heavy (non-hydrogen) atoms. The molecule has 4 atom stereocenters. The molecule has 1 aromatic heterocycles. The van der Waals surface area contributed by atoms with Gasteiger partial charge in [-0.15, -0.1) is 0 Å². The van der Waals surface area contributed by atoms with Gasteiger partial charge in [0.25, 0.3) is 5.56 Å². The van der Waals surface area contributed by atoms with Crippen molar-refractivity contribution in [3.8, 4) is 0 Å². The summed E-state index contributed by atoms with van der Waals surface area (Å²) in [6, 6.07) is 1.38. The molecule has 178 valence electrons. The fourth-order valence-electron chi connectivity index (χ4n) is 4.41. The molecule has 1 aliphatic rings. The van der Waals surface area contributed by atoms with E-state index in [1.807, 2.05) is 0 Å². The Kier molecular flexibility index (Phi) is 10.4. The van der Waals surface area contributed by atoms with Crippen LogP contribution in [-0.4, -0.2) is 67.1 Å². The van der Waals surface area contributed by atoms with Gasteiger partial charge in [0.1, 0.15) is 6.23 Å². The Bertz CT molecular complexity index is 774. The summed E-state index contributed by atoms with van der Waals surface area (Å²) in [7, 11) is 1.61. The van der Waals surface area contributed by atoms with Crippen LogP contribution in [0.3, 0.4) is 0 Å². The van der Waals surface area contributed by atoms with E-state index in [0.29, 0.717) is 26.4 Å². The minimum absolute atomic E-state index is 0.0429. The van der Waals surface area contributed by atoms with Crippen molar-refractivity contribution >= 4 is 0 Å². The average Bonchev–Trinajstić information content (AvgIpc) is 3.12. The van der Waals surface area contributed by atoms with Crippen LogP contribution in [0, 0.1) is 23.7 Å². The van der Waals surface area contributed by atoms with Gasteiger partial charge in [-0.1, -0.05) is 27.7 Å². The number of aliphatic hydroxyl groups is 1. The SMILES string of the molecule is COCCOCCOCCn1c(=O)ccn([C@@H]2O[C@H](CO)C(C(C)C)C2C(C)C)c1=O. The summed E-state index contributed by atoms with van der Waals surface area (Å²) in [5.41, 5.74) is -0.802. The van der Waals surface area contributed by atoms with Crippen molar-refractivity contribution in [1.29, 1.82) is 0 Å². The van der Waals surface area contributed by atoms with Crippen LogP contribution in [0.4, 0.5) is 0 Å². The number of hydrogen-bond donors (Lipinski definition) is 1. The van der Waals surface area contributed by atoms with Gasteiger partial charge in [-0.05, 0) is 17.8 Å². The van der Waals surface area contributed by atoms with E-state index in [4.69, 9.17) is 18.9 Å². The third-order valence-electron chi connectivity index (χ3n) is 5.87. The molecule has 0 saturated carbocycles. The van der Waals surface area contributed by atoms with Crippen LogP contribution in [0.25, 0.3) is 0 Å². The van der Waals surface area contributed by atoms with Gasteiger partial charge in [-0.25, -0.2) is 4.79 Å². The molecule has 1 saturated heterocycles. The van der Waals surface area contributed by atoms with E-state index in [9.17, 15) is 14.7 Å². The molecule has 0 bridgehead atoms. The molecule has 2 heterocycles. The van der Waals surface area contributed by atoms with Crippen LogP contribution in [0.5, 0.6) is 0 Å². The zero-order valence-corrected chi connectivity index (χ0v) is 19.4. The van der Waals surface area contributed by atoms with Crippen molar-refractivity contribution in [3.05, 3.63) is 33.1 Å². The van der Waals surface area contributed by atoms with Crippen molar-refractivity contribution in [1.82, 2.24) is 9.13 Å². The molecule has 9 nitrogen and oxygen atoms in total. The van der Waals surface area contributed by atoms with E-state index in [1.54, 1.807) is 7.11 Å². The van der Waals surface area contributed by atoms with Crippen molar-refractivity contribution in [2.45, 2.75) is 46.6 Å². The van der Waals surface area contributed by atoms with E-state index in [-0.39, 0.29) is 55.1 Å². The number of methoxy groups -OCH3 is 1. The number of ether oxygens (including phenoxy) is 4. The van der Waals surface area contributed by atoms with Gasteiger partial charge in [0.2, 0.25) is 0 Å². The topological polar surface area (TPSA) is 101 Å². The monoisotopic (exact) mass is 442 g/mol. The van der Waals surface area contributed by atoms with Crippen LogP contribution >= 0.6 is 0 Å².